The van der Waals surface area contributed by atoms with Gasteiger partial charge in [-0.1, -0.05) is 37.0 Å². The molecule has 0 rings (SSSR count). The van der Waals surface area contributed by atoms with E-state index in [4.69, 9.17) is 0 Å². The van der Waals surface area contributed by atoms with Crippen LogP contribution < -0.4 is 0 Å². The zero-order chi connectivity index (χ0) is 8.85. The Bertz CT molecular complexity index is 214. The van der Waals surface area contributed by atoms with Gasteiger partial charge in [0, 0.05) is 0 Å². The van der Waals surface area contributed by atoms with Crippen LogP contribution in [0.1, 0.15) is 20.8 Å². The Balaban J connectivity index is 4.79. The number of hydrogen-bond acceptors (Lipinski definition) is 0. The highest BCUT2D eigenvalue weighted by molar-refractivity contribution is 5.48. The van der Waals surface area contributed by atoms with E-state index in [1.807, 2.05) is 32.9 Å². The van der Waals surface area contributed by atoms with Crippen LogP contribution >= 0.6 is 0 Å². The summed E-state index contributed by atoms with van der Waals surface area (Å²) < 4.78 is 0. The molecule has 0 aromatic rings. The molecule has 0 unspecified atom stereocenters. The van der Waals surface area contributed by atoms with Crippen LogP contribution in [-0.4, -0.2) is 0 Å². The number of hydrogen-bond donors (Lipinski definition) is 0. The van der Waals surface area contributed by atoms with E-state index in [1.54, 1.807) is 0 Å². The SMILES string of the molecule is C=CC(=C\C)/C(=C/C)C(=C)C. The maximum Gasteiger partial charge on any atom is -0.0207 e. The summed E-state index contributed by atoms with van der Waals surface area (Å²) >= 11 is 0. The molecule has 0 heteroatoms. The van der Waals surface area contributed by atoms with E-state index in [0.717, 1.165) is 11.1 Å². The summed E-state index contributed by atoms with van der Waals surface area (Å²) in [6, 6.07) is 0. The molecule has 60 valence electrons. The first-order chi connectivity index (χ1) is 5.17. The van der Waals surface area contributed by atoms with E-state index in [-0.39, 0.29) is 0 Å². The van der Waals surface area contributed by atoms with Crippen LogP contribution in [0.15, 0.2) is 48.1 Å². The van der Waals surface area contributed by atoms with Crippen LogP contribution in [0.3, 0.4) is 0 Å². The molecule has 0 aliphatic heterocycles. The Labute approximate surface area is 69.6 Å². The van der Waals surface area contributed by atoms with Gasteiger partial charge in [0.2, 0.25) is 0 Å². The molecule has 0 spiro atoms. The van der Waals surface area contributed by atoms with Crippen LogP contribution in [0.2, 0.25) is 0 Å². The summed E-state index contributed by atoms with van der Waals surface area (Å²) in [4.78, 5) is 0. The first kappa shape index (κ1) is 9.96. The van der Waals surface area contributed by atoms with Crippen molar-refractivity contribution in [1.29, 1.82) is 0 Å². The van der Waals surface area contributed by atoms with Gasteiger partial charge < -0.3 is 0 Å². The molecule has 0 amide bonds. The van der Waals surface area contributed by atoms with Gasteiger partial charge >= 0.3 is 0 Å². The molecule has 0 bridgehead atoms. The highest BCUT2D eigenvalue weighted by atomic mass is 14.0. The predicted molar refractivity (Wildman–Crippen MR) is 52.5 cm³/mol. The smallest absolute Gasteiger partial charge is 0.0207 e. The average Bonchev–Trinajstić information content (AvgIpc) is 1.99. The van der Waals surface area contributed by atoms with E-state index < -0.39 is 0 Å². The zero-order valence-electron chi connectivity index (χ0n) is 7.65. The van der Waals surface area contributed by atoms with Gasteiger partial charge in [-0.05, 0) is 31.9 Å². The molecular formula is C11H16. The second kappa shape index (κ2) is 4.73. The minimum Gasteiger partial charge on any atom is -0.0985 e. The minimum absolute atomic E-state index is 1.08. The fourth-order valence-electron chi connectivity index (χ4n) is 1.04. The van der Waals surface area contributed by atoms with Crippen LogP contribution in [0.25, 0.3) is 0 Å². The molecule has 0 nitrogen and oxygen atoms in total. The fourth-order valence-corrected chi connectivity index (χ4v) is 1.04. The van der Waals surface area contributed by atoms with Crippen molar-refractivity contribution >= 4 is 0 Å². The highest BCUT2D eigenvalue weighted by Gasteiger charge is 1.98. The largest absolute Gasteiger partial charge is 0.0985 e. The lowest BCUT2D eigenvalue weighted by Crippen LogP contribution is -1.86. The molecule has 0 aliphatic carbocycles. The van der Waals surface area contributed by atoms with E-state index in [0.29, 0.717) is 0 Å². The van der Waals surface area contributed by atoms with Gasteiger partial charge in [-0.25, -0.2) is 0 Å². The maximum atomic E-state index is 3.89. The molecular weight excluding hydrogens is 132 g/mol. The molecule has 0 saturated carbocycles. The van der Waals surface area contributed by atoms with E-state index in [1.165, 1.54) is 5.57 Å². The monoisotopic (exact) mass is 148 g/mol. The fraction of sp³-hybridized carbons (Fsp3) is 0.273. The van der Waals surface area contributed by atoms with Crippen molar-refractivity contribution < 1.29 is 0 Å². The van der Waals surface area contributed by atoms with E-state index in [9.17, 15) is 0 Å². The van der Waals surface area contributed by atoms with Crippen LogP contribution in [0, 0.1) is 0 Å². The molecule has 0 aliphatic rings. The molecule has 0 radical (unpaired) electrons. The zero-order valence-corrected chi connectivity index (χ0v) is 7.65. The molecule has 0 saturated heterocycles. The van der Waals surface area contributed by atoms with Gasteiger partial charge in [-0.3, -0.25) is 0 Å². The third kappa shape index (κ3) is 2.58. The second-order valence-electron chi connectivity index (χ2n) is 2.43. The Hall–Kier alpha value is -1.04. The highest BCUT2D eigenvalue weighted by Crippen LogP contribution is 2.17. The normalized spacial score (nSPS) is 13.0. The minimum atomic E-state index is 1.08. The molecule has 0 aromatic heterocycles. The topological polar surface area (TPSA) is 0 Å². The van der Waals surface area contributed by atoms with Crippen LogP contribution in [0.4, 0.5) is 0 Å². The molecule has 0 heterocycles. The summed E-state index contributed by atoms with van der Waals surface area (Å²) in [6.45, 7) is 13.6. The van der Waals surface area contributed by atoms with Gasteiger partial charge in [0.25, 0.3) is 0 Å². The van der Waals surface area contributed by atoms with E-state index in [2.05, 4.69) is 19.2 Å². The second-order valence-corrected chi connectivity index (χ2v) is 2.43. The standard InChI is InChI=1S/C11H16/c1-6-10(7-2)11(8-3)9(4)5/h6-8H,1,4H2,2-3,5H3/b10-7+,11-8+. The third-order valence-corrected chi connectivity index (χ3v) is 1.59. The van der Waals surface area contributed by atoms with Gasteiger partial charge in [0.1, 0.15) is 0 Å². The van der Waals surface area contributed by atoms with Crippen molar-refractivity contribution in [1.82, 2.24) is 0 Å². The van der Waals surface area contributed by atoms with E-state index >= 15 is 0 Å². The van der Waals surface area contributed by atoms with Gasteiger partial charge in [0.05, 0.1) is 0 Å². The van der Waals surface area contributed by atoms with Crippen molar-refractivity contribution in [2.24, 2.45) is 0 Å². The first-order valence-electron chi connectivity index (χ1n) is 3.78. The number of allylic oxidation sites excluding steroid dienone is 6. The maximum absolute atomic E-state index is 3.89. The quantitative estimate of drug-likeness (QED) is 0.536. The van der Waals surface area contributed by atoms with Crippen molar-refractivity contribution in [3.8, 4) is 0 Å². The summed E-state index contributed by atoms with van der Waals surface area (Å²) in [7, 11) is 0. The van der Waals surface area contributed by atoms with Gasteiger partial charge in [-0.2, -0.15) is 0 Å². The van der Waals surface area contributed by atoms with Crippen molar-refractivity contribution in [2.45, 2.75) is 20.8 Å². The molecule has 0 aromatic carbocycles. The lowest BCUT2D eigenvalue weighted by atomic mass is 10.00. The summed E-state index contributed by atoms with van der Waals surface area (Å²) in [5.41, 5.74) is 3.42. The predicted octanol–water partition coefficient (Wildman–Crippen LogP) is 3.64. The van der Waals surface area contributed by atoms with Crippen molar-refractivity contribution in [3.05, 3.63) is 48.1 Å². The third-order valence-electron chi connectivity index (χ3n) is 1.59. The first-order valence-corrected chi connectivity index (χ1v) is 3.78. The lowest BCUT2D eigenvalue weighted by Gasteiger charge is -2.05. The Morgan fingerprint density at radius 1 is 1.18 bits per heavy atom. The summed E-state index contributed by atoms with van der Waals surface area (Å²) in [5.74, 6) is 0. The summed E-state index contributed by atoms with van der Waals surface area (Å²) in [5, 5.41) is 0. The number of rotatable bonds is 3. The van der Waals surface area contributed by atoms with Crippen LogP contribution in [0.5, 0.6) is 0 Å². The average molecular weight is 148 g/mol. The van der Waals surface area contributed by atoms with Gasteiger partial charge in [-0.15, -0.1) is 0 Å². The molecule has 0 fully saturated rings. The Kier molecular flexibility index (Phi) is 4.28. The van der Waals surface area contributed by atoms with Gasteiger partial charge in [0.15, 0.2) is 0 Å². The Morgan fingerprint density at radius 3 is 1.82 bits per heavy atom. The molecule has 0 atom stereocenters. The lowest BCUT2D eigenvalue weighted by molar-refractivity contribution is 1.36. The van der Waals surface area contributed by atoms with Crippen molar-refractivity contribution in [2.75, 3.05) is 0 Å². The van der Waals surface area contributed by atoms with Crippen molar-refractivity contribution in [3.63, 3.8) is 0 Å². The Morgan fingerprint density at radius 2 is 1.73 bits per heavy atom. The molecule has 0 N–H and O–H groups in total. The van der Waals surface area contributed by atoms with Crippen LogP contribution in [-0.2, 0) is 0 Å². The molecule has 11 heavy (non-hydrogen) atoms. The summed E-state index contributed by atoms with van der Waals surface area (Å²) in [6.07, 6.45) is 5.94.